The fourth-order valence-electron chi connectivity index (χ4n) is 3.79. The average molecular weight is 445 g/mol. The first-order valence-corrected chi connectivity index (χ1v) is 11.5. The second-order valence-electron chi connectivity index (χ2n) is 7.64. The third-order valence-corrected chi connectivity index (χ3v) is 6.47. The van der Waals surface area contributed by atoms with Crippen LogP contribution in [0.25, 0.3) is 0 Å². The molecule has 0 spiro atoms. The second-order valence-corrected chi connectivity index (χ2v) is 8.72. The minimum atomic E-state index is -0.851. The molecule has 2 amide bonds. The first-order chi connectivity index (χ1) is 15.6. The van der Waals surface area contributed by atoms with E-state index in [1.807, 2.05) is 91.0 Å². The topological polar surface area (TPSA) is 66.5 Å². The summed E-state index contributed by atoms with van der Waals surface area (Å²) in [6.07, 6.45) is 0.194. The molecule has 2 atom stereocenters. The molecule has 0 unspecified atom stereocenters. The van der Waals surface area contributed by atoms with Gasteiger partial charge in [0.1, 0.15) is 6.04 Å². The molecule has 1 heterocycles. The minimum absolute atomic E-state index is 0.0150. The summed E-state index contributed by atoms with van der Waals surface area (Å²) < 4.78 is 0. The van der Waals surface area contributed by atoms with Gasteiger partial charge >= 0.3 is 0 Å². The number of hydrogen-bond donors (Lipinski definition) is 1. The number of carbonyl (C=O) groups excluding carboxylic acids is 3. The maximum Gasteiger partial charge on any atom is 0.248 e. The van der Waals surface area contributed by atoms with Gasteiger partial charge in [-0.2, -0.15) is 0 Å². The Morgan fingerprint density at radius 3 is 2.09 bits per heavy atom. The molecular weight excluding hydrogens is 420 g/mol. The first kappa shape index (κ1) is 21.8. The van der Waals surface area contributed by atoms with E-state index >= 15 is 0 Å². The standard InChI is InChI=1S/C26H24N2O3S/c29-23-16-21(18-32-23)26(31)28(22-14-8-3-9-15-22)24(20-12-6-2-7-13-20)25(30)27-17-19-10-4-1-5-11-19/h1-15,21,24H,16-18H2,(H,27,30)/t21-,24+/m0/s1. The Hall–Kier alpha value is -3.38. The van der Waals surface area contributed by atoms with Crippen LogP contribution >= 0.6 is 11.8 Å². The normalized spacial score (nSPS) is 16.4. The van der Waals surface area contributed by atoms with Crippen molar-refractivity contribution in [3.05, 3.63) is 102 Å². The highest BCUT2D eigenvalue weighted by Crippen LogP contribution is 2.34. The van der Waals surface area contributed by atoms with Gasteiger partial charge in [-0.3, -0.25) is 19.3 Å². The number of carbonyl (C=O) groups is 3. The molecule has 1 saturated heterocycles. The van der Waals surface area contributed by atoms with E-state index in [1.54, 1.807) is 4.90 Å². The Kier molecular flexibility index (Phi) is 7.02. The zero-order valence-electron chi connectivity index (χ0n) is 17.5. The lowest BCUT2D eigenvalue weighted by molar-refractivity contribution is -0.128. The molecule has 1 fully saturated rings. The van der Waals surface area contributed by atoms with Crippen molar-refractivity contribution in [2.75, 3.05) is 10.7 Å². The van der Waals surface area contributed by atoms with E-state index in [0.717, 1.165) is 5.56 Å². The van der Waals surface area contributed by atoms with Crippen molar-refractivity contribution >= 4 is 34.4 Å². The van der Waals surface area contributed by atoms with Crippen molar-refractivity contribution < 1.29 is 14.4 Å². The molecule has 1 aliphatic rings. The molecule has 0 bridgehead atoms. The maximum atomic E-state index is 13.7. The van der Waals surface area contributed by atoms with E-state index < -0.39 is 12.0 Å². The van der Waals surface area contributed by atoms with Crippen molar-refractivity contribution in [1.29, 1.82) is 0 Å². The van der Waals surface area contributed by atoms with Crippen molar-refractivity contribution in [2.45, 2.75) is 19.0 Å². The van der Waals surface area contributed by atoms with Gasteiger partial charge in [-0.1, -0.05) is 90.6 Å². The molecule has 0 saturated carbocycles. The molecule has 0 aromatic heterocycles. The zero-order valence-corrected chi connectivity index (χ0v) is 18.3. The van der Waals surface area contributed by atoms with Crippen molar-refractivity contribution in [3.8, 4) is 0 Å². The number of nitrogens with zero attached hydrogens (tertiary/aromatic N) is 1. The summed E-state index contributed by atoms with van der Waals surface area (Å²) in [6, 6.07) is 27.3. The molecule has 3 aromatic rings. The SMILES string of the molecule is O=C1C[C@H](C(=O)N(c2ccccc2)[C@@H](C(=O)NCc2ccccc2)c2ccccc2)CS1. The Morgan fingerprint density at radius 1 is 0.906 bits per heavy atom. The maximum absolute atomic E-state index is 13.7. The fourth-order valence-corrected chi connectivity index (χ4v) is 4.76. The predicted octanol–water partition coefficient (Wildman–Crippen LogP) is 4.36. The van der Waals surface area contributed by atoms with Crippen molar-refractivity contribution in [3.63, 3.8) is 0 Å². The van der Waals surface area contributed by atoms with Gasteiger partial charge in [0.25, 0.3) is 0 Å². The van der Waals surface area contributed by atoms with Crippen LogP contribution in [-0.4, -0.2) is 22.7 Å². The van der Waals surface area contributed by atoms with Crippen LogP contribution in [0.1, 0.15) is 23.6 Å². The molecule has 1 N–H and O–H groups in total. The van der Waals surface area contributed by atoms with E-state index in [0.29, 0.717) is 23.5 Å². The zero-order chi connectivity index (χ0) is 22.3. The van der Waals surface area contributed by atoms with Crippen LogP contribution in [-0.2, 0) is 20.9 Å². The first-order valence-electron chi connectivity index (χ1n) is 10.5. The Labute approximate surface area is 191 Å². The van der Waals surface area contributed by atoms with Gasteiger partial charge in [-0.15, -0.1) is 0 Å². The van der Waals surface area contributed by atoms with Crippen LogP contribution in [0.2, 0.25) is 0 Å². The highest BCUT2D eigenvalue weighted by molar-refractivity contribution is 8.14. The molecule has 4 rings (SSSR count). The summed E-state index contributed by atoms with van der Waals surface area (Å²) in [7, 11) is 0. The van der Waals surface area contributed by atoms with Crippen LogP contribution in [0.15, 0.2) is 91.0 Å². The number of anilines is 1. The number of para-hydroxylation sites is 1. The van der Waals surface area contributed by atoms with E-state index in [4.69, 9.17) is 0 Å². The summed E-state index contributed by atoms with van der Waals surface area (Å²) in [5.41, 5.74) is 2.32. The predicted molar refractivity (Wildman–Crippen MR) is 127 cm³/mol. The second kappa shape index (κ2) is 10.3. The Balaban J connectivity index is 1.70. The average Bonchev–Trinajstić information content (AvgIpc) is 3.28. The number of nitrogens with one attached hydrogen (secondary N) is 1. The number of hydrogen-bond acceptors (Lipinski definition) is 4. The van der Waals surface area contributed by atoms with E-state index in [1.165, 1.54) is 11.8 Å². The molecule has 1 aliphatic heterocycles. The van der Waals surface area contributed by atoms with Crippen LogP contribution in [0.3, 0.4) is 0 Å². The molecular formula is C26H24N2O3S. The lowest BCUT2D eigenvalue weighted by Gasteiger charge is -2.33. The van der Waals surface area contributed by atoms with Crippen LogP contribution in [0, 0.1) is 5.92 Å². The van der Waals surface area contributed by atoms with Crippen molar-refractivity contribution in [1.82, 2.24) is 5.32 Å². The number of amides is 2. The quantitative estimate of drug-likeness (QED) is 0.588. The van der Waals surface area contributed by atoms with Gasteiger partial charge in [-0.05, 0) is 23.3 Å². The molecule has 3 aromatic carbocycles. The highest BCUT2D eigenvalue weighted by Gasteiger charge is 2.39. The molecule has 32 heavy (non-hydrogen) atoms. The Bertz CT molecular complexity index is 1070. The van der Waals surface area contributed by atoms with Crippen molar-refractivity contribution in [2.24, 2.45) is 5.92 Å². The molecule has 0 aliphatic carbocycles. The number of rotatable bonds is 7. The van der Waals surface area contributed by atoms with E-state index in [9.17, 15) is 14.4 Å². The minimum Gasteiger partial charge on any atom is -0.350 e. The third kappa shape index (κ3) is 5.08. The molecule has 6 heteroatoms. The molecule has 0 radical (unpaired) electrons. The summed E-state index contributed by atoms with van der Waals surface area (Å²) in [6.45, 7) is 0.359. The van der Waals surface area contributed by atoms with Crippen LogP contribution in [0.5, 0.6) is 0 Å². The van der Waals surface area contributed by atoms with Crippen LogP contribution < -0.4 is 10.2 Å². The van der Waals surface area contributed by atoms with Gasteiger partial charge in [0.05, 0.1) is 5.92 Å². The van der Waals surface area contributed by atoms with Crippen LogP contribution in [0.4, 0.5) is 5.69 Å². The lowest BCUT2D eigenvalue weighted by Crippen LogP contribution is -2.46. The van der Waals surface area contributed by atoms with Gasteiger partial charge in [0.15, 0.2) is 5.12 Å². The largest absolute Gasteiger partial charge is 0.350 e. The smallest absolute Gasteiger partial charge is 0.248 e. The fraction of sp³-hybridized carbons (Fsp3) is 0.192. The summed E-state index contributed by atoms with van der Waals surface area (Å²) in [5, 5.41) is 3.01. The van der Waals surface area contributed by atoms with E-state index in [2.05, 4.69) is 5.32 Å². The monoisotopic (exact) mass is 444 g/mol. The number of thioether (sulfide) groups is 1. The van der Waals surface area contributed by atoms with Gasteiger partial charge in [0.2, 0.25) is 11.8 Å². The summed E-state index contributed by atoms with van der Waals surface area (Å²) >= 11 is 1.18. The molecule has 162 valence electrons. The van der Waals surface area contributed by atoms with Gasteiger partial charge in [0, 0.05) is 24.4 Å². The van der Waals surface area contributed by atoms with Gasteiger partial charge < -0.3 is 5.32 Å². The Morgan fingerprint density at radius 2 is 1.50 bits per heavy atom. The lowest BCUT2D eigenvalue weighted by atomic mass is 9.99. The number of benzene rings is 3. The summed E-state index contributed by atoms with van der Waals surface area (Å²) in [4.78, 5) is 40.6. The summed E-state index contributed by atoms with van der Waals surface area (Å²) in [5.74, 6) is -0.484. The van der Waals surface area contributed by atoms with Gasteiger partial charge in [-0.25, -0.2) is 0 Å². The van der Waals surface area contributed by atoms with E-state index in [-0.39, 0.29) is 23.4 Å². The molecule has 5 nitrogen and oxygen atoms in total. The third-order valence-electron chi connectivity index (χ3n) is 5.41. The highest BCUT2D eigenvalue weighted by atomic mass is 32.2.